The lowest BCUT2D eigenvalue weighted by Gasteiger charge is -2.12. The third-order valence-corrected chi connectivity index (χ3v) is 5.48. The van der Waals surface area contributed by atoms with Crippen molar-refractivity contribution in [2.45, 2.75) is 26.6 Å². The van der Waals surface area contributed by atoms with Crippen molar-refractivity contribution >= 4 is 23.7 Å². The van der Waals surface area contributed by atoms with E-state index in [0.717, 1.165) is 24.3 Å². The van der Waals surface area contributed by atoms with E-state index in [9.17, 15) is 0 Å². The molecule has 0 aliphatic heterocycles. The molecular formula is C22H24ClN5O2S. The maximum absolute atomic E-state index is 5.97. The summed E-state index contributed by atoms with van der Waals surface area (Å²) in [7, 11) is 1.64. The number of ether oxygens (including phenoxy) is 2. The highest BCUT2D eigenvalue weighted by Crippen LogP contribution is 2.29. The fourth-order valence-electron chi connectivity index (χ4n) is 3.01. The first-order valence-corrected chi connectivity index (χ1v) is 10.5. The lowest BCUT2D eigenvalue weighted by molar-refractivity contribution is 0.273. The van der Waals surface area contributed by atoms with Crippen LogP contribution < -0.4 is 14.8 Å². The molecule has 2 aromatic carbocycles. The van der Waals surface area contributed by atoms with Crippen LogP contribution in [0.3, 0.4) is 0 Å². The molecule has 0 spiro atoms. The lowest BCUT2D eigenvalue weighted by atomic mass is 10.2. The number of rotatable bonds is 9. The molecule has 0 bridgehead atoms. The lowest BCUT2D eigenvalue weighted by Crippen LogP contribution is -2.12. The van der Waals surface area contributed by atoms with Gasteiger partial charge >= 0.3 is 0 Å². The zero-order chi connectivity index (χ0) is 20.8. The Morgan fingerprint density at radius 2 is 1.87 bits per heavy atom. The van der Waals surface area contributed by atoms with Crippen molar-refractivity contribution in [3.8, 4) is 17.2 Å². The Labute approximate surface area is 191 Å². The van der Waals surface area contributed by atoms with Gasteiger partial charge in [-0.1, -0.05) is 29.8 Å². The predicted octanol–water partition coefficient (Wildman–Crippen LogP) is 4.33. The molecule has 31 heavy (non-hydrogen) atoms. The van der Waals surface area contributed by atoms with E-state index in [1.165, 1.54) is 10.4 Å². The number of halogens is 1. The molecule has 4 aromatic rings. The van der Waals surface area contributed by atoms with E-state index in [2.05, 4.69) is 38.4 Å². The van der Waals surface area contributed by atoms with Crippen LogP contribution in [0.1, 0.15) is 21.8 Å². The first-order valence-electron chi connectivity index (χ1n) is 9.60. The van der Waals surface area contributed by atoms with Crippen LogP contribution >= 0.6 is 23.7 Å². The molecule has 9 heteroatoms. The van der Waals surface area contributed by atoms with Crippen molar-refractivity contribution in [3.05, 3.63) is 81.8 Å². The minimum absolute atomic E-state index is 0. The van der Waals surface area contributed by atoms with Crippen molar-refractivity contribution in [1.82, 2.24) is 25.5 Å². The molecule has 2 aromatic heterocycles. The van der Waals surface area contributed by atoms with Crippen LogP contribution in [0, 0.1) is 6.92 Å². The van der Waals surface area contributed by atoms with E-state index in [1.54, 1.807) is 23.1 Å². The summed E-state index contributed by atoms with van der Waals surface area (Å²) in [6, 6.07) is 18.1. The molecule has 0 saturated carbocycles. The van der Waals surface area contributed by atoms with Gasteiger partial charge < -0.3 is 14.8 Å². The molecule has 0 unspecified atom stereocenters. The summed E-state index contributed by atoms with van der Waals surface area (Å²) < 4.78 is 13.2. The Morgan fingerprint density at radius 3 is 2.61 bits per heavy atom. The van der Waals surface area contributed by atoms with E-state index in [1.807, 2.05) is 49.4 Å². The Kier molecular flexibility index (Phi) is 8.00. The quantitative estimate of drug-likeness (QED) is 0.403. The molecule has 0 aliphatic carbocycles. The number of aryl methyl sites for hydroxylation is 1. The Bertz CT molecular complexity index is 1080. The number of nitrogens with one attached hydrogen (secondary N) is 1. The van der Waals surface area contributed by atoms with Crippen molar-refractivity contribution in [1.29, 1.82) is 0 Å². The first kappa shape index (κ1) is 22.7. The van der Waals surface area contributed by atoms with E-state index in [4.69, 9.17) is 9.47 Å². The molecule has 0 saturated heterocycles. The summed E-state index contributed by atoms with van der Waals surface area (Å²) in [5.41, 5.74) is 3.20. The zero-order valence-corrected chi connectivity index (χ0v) is 18.9. The maximum Gasteiger partial charge on any atom is 0.194 e. The van der Waals surface area contributed by atoms with Crippen LogP contribution in [0.25, 0.3) is 5.69 Å². The SMILES string of the molecule is COc1cc(CNCc2cccs2)ccc1OCc1nnnn1-c1ccc(C)cc1.Cl. The van der Waals surface area contributed by atoms with Gasteiger partial charge in [0.15, 0.2) is 23.9 Å². The molecule has 0 fully saturated rings. The molecule has 4 rings (SSSR count). The van der Waals surface area contributed by atoms with Gasteiger partial charge in [0.1, 0.15) is 0 Å². The van der Waals surface area contributed by atoms with Crippen molar-refractivity contribution in [3.63, 3.8) is 0 Å². The topological polar surface area (TPSA) is 74.1 Å². The van der Waals surface area contributed by atoms with Gasteiger partial charge in [-0.25, -0.2) is 0 Å². The second-order valence-corrected chi connectivity index (χ2v) is 7.83. The number of tetrazole rings is 1. The minimum Gasteiger partial charge on any atom is -0.493 e. The highest BCUT2D eigenvalue weighted by atomic mass is 35.5. The normalized spacial score (nSPS) is 10.5. The summed E-state index contributed by atoms with van der Waals surface area (Å²) in [4.78, 5) is 1.31. The maximum atomic E-state index is 5.97. The number of thiophene rings is 1. The third-order valence-electron chi connectivity index (χ3n) is 4.61. The second kappa shape index (κ2) is 10.9. The Hall–Kier alpha value is -2.94. The number of aromatic nitrogens is 4. The summed E-state index contributed by atoms with van der Waals surface area (Å²) in [6.45, 7) is 3.87. The average molecular weight is 458 g/mol. The molecular weight excluding hydrogens is 434 g/mol. The standard InChI is InChI=1S/C22H23N5O2S.ClH/c1-16-5-8-18(9-6-16)27-22(24-25-26-27)15-29-20-10-7-17(12-21(20)28-2)13-23-14-19-4-3-11-30-19;/h3-12,23H,13-15H2,1-2H3;1H. The van der Waals surface area contributed by atoms with E-state index in [-0.39, 0.29) is 19.0 Å². The largest absolute Gasteiger partial charge is 0.493 e. The monoisotopic (exact) mass is 457 g/mol. The zero-order valence-electron chi connectivity index (χ0n) is 17.3. The highest BCUT2D eigenvalue weighted by molar-refractivity contribution is 7.09. The van der Waals surface area contributed by atoms with Crippen molar-refractivity contribution in [2.75, 3.05) is 7.11 Å². The second-order valence-electron chi connectivity index (χ2n) is 6.80. The molecule has 1 N–H and O–H groups in total. The van der Waals surface area contributed by atoms with Crippen molar-refractivity contribution in [2.24, 2.45) is 0 Å². The van der Waals surface area contributed by atoms with Gasteiger partial charge in [0.05, 0.1) is 12.8 Å². The van der Waals surface area contributed by atoms with Gasteiger partial charge in [0, 0.05) is 18.0 Å². The molecule has 162 valence electrons. The highest BCUT2D eigenvalue weighted by Gasteiger charge is 2.12. The molecule has 7 nitrogen and oxygen atoms in total. The molecule has 0 aliphatic rings. The first-order chi connectivity index (χ1) is 14.7. The molecule has 0 atom stereocenters. The minimum atomic E-state index is 0. The van der Waals surface area contributed by atoms with Gasteiger partial charge in [-0.3, -0.25) is 0 Å². The van der Waals surface area contributed by atoms with Crippen LogP contribution in [-0.4, -0.2) is 27.3 Å². The predicted molar refractivity (Wildman–Crippen MR) is 123 cm³/mol. The fourth-order valence-corrected chi connectivity index (χ4v) is 3.68. The molecule has 2 heterocycles. The average Bonchev–Trinajstić information content (AvgIpc) is 3.45. The van der Waals surface area contributed by atoms with Gasteiger partial charge in [-0.2, -0.15) is 4.68 Å². The number of nitrogens with zero attached hydrogens (tertiary/aromatic N) is 4. The van der Waals surface area contributed by atoms with Crippen LogP contribution in [0.15, 0.2) is 60.0 Å². The Morgan fingerprint density at radius 1 is 1.03 bits per heavy atom. The molecule has 0 amide bonds. The van der Waals surface area contributed by atoms with Crippen LogP contribution in [0.4, 0.5) is 0 Å². The third kappa shape index (κ3) is 5.81. The van der Waals surface area contributed by atoms with E-state index < -0.39 is 0 Å². The number of hydrogen-bond donors (Lipinski definition) is 1. The summed E-state index contributed by atoms with van der Waals surface area (Å²) in [5, 5.41) is 17.5. The Balaban J connectivity index is 0.00000272. The summed E-state index contributed by atoms with van der Waals surface area (Å²) >= 11 is 1.75. The number of benzene rings is 2. The summed E-state index contributed by atoms with van der Waals surface area (Å²) in [6.07, 6.45) is 0. The van der Waals surface area contributed by atoms with E-state index in [0.29, 0.717) is 17.3 Å². The van der Waals surface area contributed by atoms with E-state index >= 15 is 0 Å². The van der Waals surface area contributed by atoms with Crippen LogP contribution in [0.5, 0.6) is 11.5 Å². The van der Waals surface area contributed by atoms with Crippen LogP contribution in [-0.2, 0) is 19.7 Å². The summed E-state index contributed by atoms with van der Waals surface area (Å²) in [5.74, 6) is 1.94. The number of hydrogen-bond acceptors (Lipinski definition) is 7. The van der Waals surface area contributed by atoms with Gasteiger partial charge in [0.2, 0.25) is 0 Å². The number of methoxy groups -OCH3 is 1. The smallest absolute Gasteiger partial charge is 0.194 e. The van der Waals surface area contributed by atoms with Gasteiger partial charge in [0.25, 0.3) is 0 Å². The van der Waals surface area contributed by atoms with Gasteiger partial charge in [-0.15, -0.1) is 28.8 Å². The fraction of sp³-hybridized carbons (Fsp3) is 0.227. The van der Waals surface area contributed by atoms with Gasteiger partial charge in [-0.05, 0) is 58.6 Å². The molecule has 0 radical (unpaired) electrons. The van der Waals surface area contributed by atoms with Crippen molar-refractivity contribution < 1.29 is 9.47 Å². The van der Waals surface area contributed by atoms with Crippen LogP contribution in [0.2, 0.25) is 0 Å².